The largest absolute Gasteiger partial charge is 0.495 e. The van der Waals surface area contributed by atoms with Gasteiger partial charge in [-0.05, 0) is 49.6 Å². The maximum absolute atomic E-state index is 12.0. The molecule has 2 N–H and O–H groups in total. The molecule has 0 fully saturated rings. The zero-order valence-corrected chi connectivity index (χ0v) is 17.5. The summed E-state index contributed by atoms with van der Waals surface area (Å²) in [6.07, 6.45) is 0. The highest BCUT2D eigenvalue weighted by Gasteiger charge is 2.13. The van der Waals surface area contributed by atoms with Crippen LogP contribution in [-0.2, 0) is 19.1 Å². The van der Waals surface area contributed by atoms with Crippen molar-refractivity contribution in [2.75, 3.05) is 32.2 Å². The van der Waals surface area contributed by atoms with Crippen LogP contribution in [0.5, 0.6) is 11.5 Å². The van der Waals surface area contributed by atoms with Gasteiger partial charge in [-0.25, -0.2) is 4.79 Å². The molecule has 2 rings (SSSR count). The van der Waals surface area contributed by atoms with Gasteiger partial charge in [0, 0.05) is 0 Å². The Morgan fingerprint density at radius 3 is 2.30 bits per heavy atom. The van der Waals surface area contributed by atoms with E-state index >= 15 is 0 Å². The number of methoxy groups -OCH3 is 1. The maximum Gasteiger partial charge on any atom is 0.344 e. The fourth-order valence-electron chi connectivity index (χ4n) is 2.69. The normalized spacial score (nSPS) is 10.1. The third-order valence-electron chi connectivity index (χ3n) is 4.18. The monoisotopic (exact) mass is 414 g/mol. The standard InChI is InChI=1S/C22H26N2O6/c1-14-8-9-18(28-4)17(10-14)24-19(25)11-23-20(26)12-29-21(27)13-30-22-15(2)6-5-7-16(22)3/h5-10H,11-13H2,1-4H3,(H,23,26)(H,24,25). The van der Waals surface area contributed by atoms with Crippen LogP contribution in [0, 0.1) is 20.8 Å². The van der Waals surface area contributed by atoms with Crippen molar-refractivity contribution in [3.05, 3.63) is 53.1 Å². The Hall–Kier alpha value is -3.55. The molecular formula is C22H26N2O6. The average molecular weight is 414 g/mol. The lowest BCUT2D eigenvalue weighted by Crippen LogP contribution is -2.36. The van der Waals surface area contributed by atoms with Crippen LogP contribution in [0.15, 0.2) is 36.4 Å². The lowest BCUT2D eigenvalue weighted by molar-refractivity contribution is -0.150. The minimum atomic E-state index is -0.679. The van der Waals surface area contributed by atoms with E-state index in [9.17, 15) is 14.4 Å². The van der Waals surface area contributed by atoms with Crippen LogP contribution in [0.3, 0.4) is 0 Å². The minimum absolute atomic E-state index is 0.271. The van der Waals surface area contributed by atoms with Gasteiger partial charge in [0.05, 0.1) is 19.3 Å². The van der Waals surface area contributed by atoms with Gasteiger partial charge in [0.2, 0.25) is 5.91 Å². The number of esters is 1. The summed E-state index contributed by atoms with van der Waals surface area (Å²) in [5.41, 5.74) is 3.26. The quantitative estimate of drug-likeness (QED) is 0.611. The van der Waals surface area contributed by atoms with Gasteiger partial charge in [-0.1, -0.05) is 24.3 Å². The summed E-state index contributed by atoms with van der Waals surface area (Å²) in [6, 6.07) is 11.0. The van der Waals surface area contributed by atoms with Crippen molar-refractivity contribution < 1.29 is 28.6 Å². The number of hydrogen-bond acceptors (Lipinski definition) is 6. The second-order valence-corrected chi connectivity index (χ2v) is 6.70. The van der Waals surface area contributed by atoms with Crippen molar-refractivity contribution in [2.24, 2.45) is 0 Å². The topological polar surface area (TPSA) is 103 Å². The van der Waals surface area contributed by atoms with Crippen LogP contribution < -0.4 is 20.1 Å². The maximum atomic E-state index is 12.0. The number of benzene rings is 2. The van der Waals surface area contributed by atoms with E-state index in [-0.39, 0.29) is 13.2 Å². The van der Waals surface area contributed by atoms with Crippen LogP contribution in [0.2, 0.25) is 0 Å². The molecule has 0 aliphatic rings. The molecule has 2 amide bonds. The summed E-state index contributed by atoms with van der Waals surface area (Å²) in [7, 11) is 1.50. The lowest BCUT2D eigenvalue weighted by Gasteiger charge is -2.12. The number of aryl methyl sites for hydroxylation is 3. The Bertz CT molecular complexity index is 906. The Kier molecular flexibility index (Phi) is 8.22. The minimum Gasteiger partial charge on any atom is -0.495 e. The van der Waals surface area contributed by atoms with E-state index in [0.29, 0.717) is 17.2 Å². The van der Waals surface area contributed by atoms with Gasteiger partial charge in [0.15, 0.2) is 13.2 Å². The Labute approximate surface area is 175 Å². The van der Waals surface area contributed by atoms with Gasteiger partial charge < -0.3 is 24.8 Å². The molecule has 2 aromatic rings. The van der Waals surface area contributed by atoms with Gasteiger partial charge >= 0.3 is 5.97 Å². The predicted molar refractivity (Wildman–Crippen MR) is 112 cm³/mol. The Morgan fingerprint density at radius 2 is 1.63 bits per heavy atom. The summed E-state index contributed by atoms with van der Waals surface area (Å²) in [6.45, 7) is 4.54. The number of ether oxygens (including phenoxy) is 3. The van der Waals surface area contributed by atoms with E-state index in [1.54, 1.807) is 12.1 Å². The molecule has 0 saturated heterocycles. The smallest absolute Gasteiger partial charge is 0.344 e. The van der Waals surface area contributed by atoms with Gasteiger partial charge in [-0.15, -0.1) is 0 Å². The number of anilines is 1. The summed E-state index contributed by atoms with van der Waals surface area (Å²) in [4.78, 5) is 35.7. The molecule has 0 aromatic heterocycles. The van der Waals surface area contributed by atoms with E-state index in [1.165, 1.54) is 7.11 Å². The van der Waals surface area contributed by atoms with Crippen molar-refractivity contribution in [2.45, 2.75) is 20.8 Å². The first-order chi connectivity index (χ1) is 14.3. The van der Waals surface area contributed by atoms with Gasteiger partial charge in [-0.3, -0.25) is 9.59 Å². The van der Waals surface area contributed by atoms with E-state index in [0.717, 1.165) is 16.7 Å². The molecule has 0 spiro atoms. The molecular weight excluding hydrogens is 388 g/mol. The zero-order valence-electron chi connectivity index (χ0n) is 17.5. The lowest BCUT2D eigenvalue weighted by atomic mass is 10.1. The molecule has 0 unspecified atom stereocenters. The molecule has 8 nitrogen and oxygen atoms in total. The fourth-order valence-corrected chi connectivity index (χ4v) is 2.69. The first kappa shape index (κ1) is 22.7. The molecule has 0 aliphatic carbocycles. The van der Waals surface area contributed by atoms with Crippen molar-refractivity contribution in [3.63, 3.8) is 0 Å². The van der Waals surface area contributed by atoms with E-state index in [4.69, 9.17) is 14.2 Å². The molecule has 0 aliphatic heterocycles. The molecule has 0 radical (unpaired) electrons. The molecule has 2 aromatic carbocycles. The number of carbonyl (C=O) groups is 3. The van der Waals surface area contributed by atoms with Gasteiger partial charge in [-0.2, -0.15) is 0 Å². The van der Waals surface area contributed by atoms with Crippen LogP contribution in [-0.4, -0.2) is 44.7 Å². The molecule has 0 atom stereocenters. The Balaban J connectivity index is 1.72. The molecule has 160 valence electrons. The van der Waals surface area contributed by atoms with Crippen molar-refractivity contribution in [3.8, 4) is 11.5 Å². The summed E-state index contributed by atoms with van der Waals surface area (Å²) in [5.74, 6) is -0.583. The highest BCUT2D eigenvalue weighted by atomic mass is 16.6. The second-order valence-electron chi connectivity index (χ2n) is 6.70. The first-order valence-corrected chi connectivity index (χ1v) is 9.36. The highest BCUT2D eigenvalue weighted by Crippen LogP contribution is 2.25. The van der Waals surface area contributed by atoms with Crippen LogP contribution >= 0.6 is 0 Å². The SMILES string of the molecule is COc1ccc(C)cc1NC(=O)CNC(=O)COC(=O)COc1c(C)cccc1C. The number of rotatable bonds is 9. The third kappa shape index (κ3) is 6.80. The number of para-hydroxylation sites is 1. The summed E-state index contributed by atoms with van der Waals surface area (Å²) >= 11 is 0. The first-order valence-electron chi connectivity index (χ1n) is 9.36. The molecule has 30 heavy (non-hydrogen) atoms. The third-order valence-corrected chi connectivity index (χ3v) is 4.18. The average Bonchev–Trinajstić information content (AvgIpc) is 2.70. The van der Waals surface area contributed by atoms with Crippen molar-refractivity contribution in [1.29, 1.82) is 0 Å². The van der Waals surface area contributed by atoms with Crippen LogP contribution in [0.25, 0.3) is 0 Å². The van der Waals surface area contributed by atoms with Crippen molar-refractivity contribution in [1.82, 2.24) is 5.32 Å². The summed E-state index contributed by atoms with van der Waals surface area (Å²) in [5, 5.41) is 5.06. The molecule has 8 heteroatoms. The summed E-state index contributed by atoms with van der Waals surface area (Å²) < 4.78 is 15.5. The second kappa shape index (κ2) is 10.8. The van der Waals surface area contributed by atoms with E-state index in [1.807, 2.05) is 45.0 Å². The number of nitrogens with one attached hydrogen (secondary N) is 2. The fraction of sp³-hybridized carbons (Fsp3) is 0.318. The number of amides is 2. The van der Waals surface area contributed by atoms with Crippen LogP contribution in [0.1, 0.15) is 16.7 Å². The number of hydrogen-bond donors (Lipinski definition) is 2. The van der Waals surface area contributed by atoms with E-state index in [2.05, 4.69) is 10.6 Å². The van der Waals surface area contributed by atoms with Gasteiger partial charge in [0.1, 0.15) is 11.5 Å². The van der Waals surface area contributed by atoms with Gasteiger partial charge in [0.25, 0.3) is 5.91 Å². The molecule has 0 saturated carbocycles. The molecule has 0 bridgehead atoms. The highest BCUT2D eigenvalue weighted by molar-refractivity contribution is 5.96. The van der Waals surface area contributed by atoms with Crippen LogP contribution in [0.4, 0.5) is 5.69 Å². The zero-order chi connectivity index (χ0) is 22.1. The van der Waals surface area contributed by atoms with E-state index < -0.39 is 24.4 Å². The molecule has 0 heterocycles. The number of carbonyl (C=O) groups excluding carboxylic acids is 3. The Morgan fingerprint density at radius 1 is 0.933 bits per heavy atom. The van der Waals surface area contributed by atoms with Crippen molar-refractivity contribution >= 4 is 23.5 Å². The predicted octanol–water partition coefficient (Wildman–Crippen LogP) is 2.30.